The lowest BCUT2D eigenvalue weighted by molar-refractivity contribution is -0.694. The zero-order valence-electron chi connectivity index (χ0n) is 16.6. The second-order valence-corrected chi connectivity index (χ2v) is 12.1. The van der Waals surface area contributed by atoms with Crippen molar-refractivity contribution >= 4 is 28.9 Å². The normalized spacial score (nSPS) is 13.5. The predicted octanol–water partition coefficient (Wildman–Crippen LogP) is 2.22. The predicted molar refractivity (Wildman–Crippen MR) is 96.3 cm³/mol. The van der Waals surface area contributed by atoms with Crippen LogP contribution in [-0.2, 0) is 39.9 Å². The van der Waals surface area contributed by atoms with Crippen molar-refractivity contribution in [2.24, 2.45) is 0 Å². The number of rotatable bonds is 8. The minimum absolute atomic E-state index is 0.768. The summed E-state index contributed by atoms with van der Waals surface area (Å²) in [4.78, 5) is 0. The first-order chi connectivity index (χ1) is 13.9. The number of sulfonamides is 2. The Hall–Kier alpha value is -1.31. The minimum atomic E-state index is -6.72. The smallest absolute Gasteiger partial charge is 0.421 e. The molecule has 31 heavy (non-hydrogen) atoms. The molecule has 1 heterocycles. The molecule has 0 fully saturated rings. The Morgan fingerprint density at radius 2 is 1.35 bits per heavy atom. The van der Waals surface area contributed by atoms with Crippen LogP contribution in [0.3, 0.4) is 0 Å². The van der Waals surface area contributed by atoms with Gasteiger partial charge in [0.05, 0.1) is 6.04 Å². The molecule has 0 spiro atoms. The third kappa shape index (κ3) is 8.98. The summed E-state index contributed by atoms with van der Waals surface area (Å²) < 4.78 is 127. The summed E-state index contributed by atoms with van der Waals surface area (Å²) in [5.74, 6) is 0. The van der Waals surface area contributed by atoms with Crippen molar-refractivity contribution in [2.45, 2.75) is 30.5 Å². The van der Waals surface area contributed by atoms with E-state index in [0.717, 1.165) is 16.7 Å². The molecule has 0 bridgehead atoms. The molecule has 0 unspecified atom stereocenters. The molecule has 0 saturated carbocycles. The van der Waals surface area contributed by atoms with Gasteiger partial charge < -0.3 is 17.4 Å². The lowest BCUT2D eigenvalue weighted by atomic mass is 10.3. The van der Waals surface area contributed by atoms with Crippen LogP contribution < -0.4 is 4.57 Å². The van der Waals surface area contributed by atoms with Crippen LogP contribution in [0, 0.1) is 6.92 Å². The highest BCUT2D eigenvalue weighted by Gasteiger charge is 2.47. The maximum atomic E-state index is 11.4. The lowest BCUT2D eigenvalue weighted by Gasteiger charge is -2.22. The summed E-state index contributed by atoms with van der Waals surface area (Å²) in [5, 5.41) is 0. The average molecular weight is 523 g/mol. The van der Waals surface area contributed by atoms with Crippen molar-refractivity contribution in [1.82, 2.24) is 0 Å². The number of aryl methyl sites for hydroxylation is 2. The summed E-state index contributed by atoms with van der Waals surface area (Å²) in [5.41, 5.74) is -11.2. The van der Waals surface area contributed by atoms with Gasteiger partial charge in [0.25, 0.3) is 0 Å². The summed E-state index contributed by atoms with van der Waals surface area (Å²) in [7, 11) is -11.0. The molecule has 182 valence electrons. The molecular formula is C13H20F6N2O7S2Si. The van der Waals surface area contributed by atoms with Crippen molar-refractivity contribution in [3.63, 3.8) is 0 Å². The Bertz CT molecular complexity index is 869. The van der Waals surface area contributed by atoms with Crippen molar-refractivity contribution < 1.29 is 61.0 Å². The molecule has 1 rings (SSSR count). The number of halogens is 6. The quantitative estimate of drug-likeness (QED) is 0.292. The second-order valence-electron chi connectivity index (χ2n) is 5.58. The number of pyridine rings is 1. The van der Waals surface area contributed by atoms with E-state index in [-0.39, 0.29) is 0 Å². The number of alkyl halides is 6. The number of aromatic nitrogens is 1. The highest BCUT2D eigenvalue weighted by atomic mass is 32.3. The van der Waals surface area contributed by atoms with Crippen LogP contribution in [0.4, 0.5) is 26.3 Å². The van der Waals surface area contributed by atoms with Gasteiger partial charge >= 0.3 is 19.8 Å². The minimum Gasteiger partial charge on any atom is -0.421 e. The highest BCUT2D eigenvalue weighted by Crippen LogP contribution is 2.36. The van der Waals surface area contributed by atoms with Crippen LogP contribution in [0.15, 0.2) is 24.5 Å². The van der Waals surface area contributed by atoms with E-state index < -0.39 is 39.9 Å². The van der Waals surface area contributed by atoms with Crippen molar-refractivity contribution in [1.29, 1.82) is 0 Å². The molecule has 0 amide bonds. The van der Waals surface area contributed by atoms with Crippen molar-refractivity contribution in [3.05, 3.63) is 34.2 Å². The zero-order valence-corrected chi connectivity index (χ0v) is 19.2. The van der Waals surface area contributed by atoms with Crippen LogP contribution in [0.25, 0.3) is 4.13 Å². The summed E-state index contributed by atoms with van der Waals surface area (Å²) >= 11 is 0. The zero-order chi connectivity index (χ0) is 24.7. The van der Waals surface area contributed by atoms with Crippen LogP contribution in [0.2, 0.25) is 6.04 Å². The van der Waals surface area contributed by atoms with E-state index >= 15 is 0 Å². The molecule has 0 aliphatic heterocycles. The van der Waals surface area contributed by atoms with E-state index in [2.05, 4.69) is 23.8 Å². The summed E-state index contributed by atoms with van der Waals surface area (Å²) in [6.07, 6.45) is 4.13. The molecule has 0 aliphatic carbocycles. The van der Waals surface area contributed by atoms with Gasteiger partial charge in [-0.3, -0.25) is 0 Å². The van der Waals surface area contributed by atoms with E-state index in [9.17, 15) is 43.2 Å². The average Bonchev–Trinajstić information content (AvgIpc) is 2.61. The van der Waals surface area contributed by atoms with Gasteiger partial charge in [-0.1, -0.05) is 0 Å². The molecular weight excluding hydrogens is 502 g/mol. The lowest BCUT2D eigenvalue weighted by Crippen LogP contribution is -2.47. The third-order valence-electron chi connectivity index (χ3n) is 3.40. The fraction of sp³-hybridized carbons (Fsp3) is 0.615. The van der Waals surface area contributed by atoms with E-state index in [1.807, 2.05) is 12.3 Å². The van der Waals surface area contributed by atoms with E-state index in [1.165, 1.54) is 5.56 Å². The molecule has 0 radical (unpaired) electrons. The fourth-order valence-corrected chi connectivity index (χ4v) is 5.18. The largest absolute Gasteiger partial charge is 0.506 e. The van der Waals surface area contributed by atoms with Gasteiger partial charge in [0.1, 0.15) is 0 Å². The standard InChI is InChI=1S/C11H20NO3Si.C2F6NO4S2/c1-11-6-5-7-12(10-11)8-9-16(13-2,14-3)15-4;3-1(4,5)14(10,11)9-15(12,13)2(6,7)8/h5-7,10H,8-9H2,1-4H3;/q+1;-1. The second kappa shape index (κ2) is 11.0. The summed E-state index contributed by atoms with van der Waals surface area (Å²) in [6.45, 7) is 2.91. The fourth-order valence-electron chi connectivity index (χ4n) is 1.83. The molecule has 0 aromatic carbocycles. The number of nitrogens with zero attached hydrogens (tertiary/aromatic N) is 2. The van der Waals surface area contributed by atoms with Crippen LogP contribution in [0.1, 0.15) is 5.56 Å². The van der Waals surface area contributed by atoms with Crippen LogP contribution in [0.5, 0.6) is 0 Å². The number of hydrogen-bond donors (Lipinski definition) is 0. The molecule has 0 atom stereocenters. The van der Waals surface area contributed by atoms with Gasteiger partial charge in [-0.15, -0.1) is 0 Å². The molecule has 1 aromatic heterocycles. The Kier molecular flexibility index (Phi) is 10.5. The van der Waals surface area contributed by atoms with Crippen molar-refractivity contribution in [3.8, 4) is 0 Å². The van der Waals surface area contributed by atoms with Crippen LogP contribution >= 0.6 is 0 Å². The van der Waals surface area contributed by atoms with Gasteiger partial charge in [-0.25, -0.2) is 21.4 Å². The van der Waals surface area contributed by atoms with Gasteiger partial charge in [0.2, 0.25) is 0 Å². The number of hydrogen-bond acceptors (Lipinski definition) is 7. The topological polar surface area (TPSA) is 114 Å². The van der Waals surface area contributed by atoms with Gasteiger partial charge in [0.15, 0.2) is 39.0 Å². The van der Waals surface area contributed by atoms with Crippen molar-refractivity contribution in [2.75, 3.05) is 21.3 Å². The molecule has 0 N–H and O–H groups in total. The summed E-state index contributed by atoms with van der Waals surface area (Å²) in [6, 6.07) is 4.87. The first-order valence-corrected chi connectivity index (χ1v) is 12.7. The monoisotopic (exact) mass is 522 g/mol. The Morgan fingerprint density at radius 1 is 0.935 bits per heavy atom. The van der Waals surface area contributed by atoms with Crippen LogP contribution in [-0.4, -0.2) is 58.0 Å². The SMILES string of the molecule is CO[Si](CC[n+]1cccc(C)c1)(OC)OC.O=S(=O)([N-]S(=O)(=O)C(F)(F)F)C(F)(F)F. The molecule has 9 nitrogen and oxygen atoms in total. The first-order valence-electron chi connectivity index (χ1n) is 7.84. The van der Waals surface area contributed by atoms with Gasteiger partial charge in [-0.05, 0) is 13.0 Å². The molecule has 1 aromatic rings. The maximum Gasteiger partial charge on any atom is 0.506 e. The van der Waals surface area contributed by atoms with Gasteiger partial charge in [-0.2, -0.15) is 26.3 Å². The molecule has 0 saturated heterocycles. The first kappa shape index (κ1) is 29.7. The Morgan fingerprint density at radius 3 is 1.68 bits per heavy atom. The van der Waals surface area contributed by atoms with E-state index in [4.69, 9.17) is 13.3 Å². The molecule has 0 aliphatic rings. The van der Waals surface area contributed by atoms with E-state index in [0.29, 0.717) is 0 Å². The third-order valence-corrected chi connectivity index (χ3v) is 8.84. The van der Waals surface area contributed by atoms with Gasteiger partial charge in [0, 0.05) is 33.0 Å². The molecule has 18 heteroatoms. The Balaban J connectivity index is 0.000000582. The maximum absolute atomic E-state index is 11.4. The highest BCUT2D eigenvalue weighted by molar-refractivity contribution is 8.13. The Labute approximate surface area is 176 Å². The van der Waals surface area contributed by atoms with E-state index in [1.54, 1.807) is 21.3 Å².